The van der Waals surface area contributed by atoms with Crippen LogP contribution < -0.4 is 4.90 Å². The lowest BCUT2D eigenvalue weighted by atomic mass is 10.1. The van der Waals surface area contributed by atoms with Gasteiger partial charge in [0.2, 0.25) is 0 Å². The summed E-state index contributed by atoms with van der Waals surface area (Å²) in [6, 6.07) is 8.81. The van der Waals surface area contributed by atoms with Crippen molar-refractivity contribution in [2.24, 2.45) is 0 Å². The minimum absolute atomic E-state index is 0.354. The van der Waals surface area contributed by atoms with E-state index in [0.717, 1.165) is 29.9 Å². The Bertz CT molecular complexity index is 809. The highest BCUT2D eigenvalue weighted by Crippen LogP contribution is 2.38. The highest BCUT2D eigenvalue weighted by molar-refractivity contribution is 5.87. The maximum Gasteiger partial charge on any atom is 0.183 e. The summed E-state index contributed by atoms with van der Waals surface area (Å²) < 4.78 is 1.80. The molecular weight excluding hydrogens is 264 g/mol. The topological polar surface area (TPSA) is 59.7 Å². The lowest BCUT2D eigenvalue weighted by molar-refractivity contribution is 0.641. The zero-order valence-corrected chi connectivity index (χ0v) is 12.1. The van der Waals surface area contributed by atoms with Gasteiger partial charge in [0.25, 0.3) is 0 Å². The monoisotopic (exact) mass is 280 g/mol. The quantitative estimate of drug-likeness (QED) is 0.721. The van der Waals surface area contributed by atoms with Crippen LogP contribution in [0.25, 0.3) is 11.2 Å². The second-order valence-electron chi connectivity index (χ2n) is 5.33. The van der Waals surface area contributed by atoms with Gasteiger partial charge in [-0.05, 0) is 31.9 Å². The molecule has 1 aromatic carbocycles. The molecule has 3 heterocycles. The summed E-state index contributed by atoms with van der Waals surface area (Å²) in [4.78, 5) is 11.1. The Morgan fingerprint density at radius 2 is 2.10 bits per heavy atom. The zero-order chi connectivity index (χ0) is 14.4. The fraction of sp³-hybridized carbons (Fsp3) is 0.333. The molecule has 21 heavy (non-hydrogen) atoms. The highest BCUT2D eigenvalue weighted by atomic mass is 15.4. The third kappa shape index (κ3) is 1.72. The van der Waals surface area contributed by atoms with Gasteiger partial charge in [-0.2, -0.15) is 0 Å². The van der Waals surface area contributed by atoms with E-state index >= 15 is 0 Å². The van der Waals surface area contributed by atoms with E-state index < -0.39 is 0 Å². The molecule has 1 aliphatic rings. The van der Waals surface area contributed by atoms with E-state index in [4.69, 9.17) is 0 Å². The smallest absolute Gasteiger partial charge is 0.183 e. The average Bonchev–Trinajstić information content (AvgIpc) is 3.06. The molecule has 0 saturated carbocycles. The van der Waals surface area contributed by atoms with Crippen LogP contribution in [0.5, 0.6) is 0 Å². The number of hydrogen-bond donors (Lipinski definition) is 0. The molecule has 1 aliphatic heterocycles. The number of para-hydroxylation sites is 1. The van der Waals surface area contributed by atoms with E-state index in [1.165, 1.54) is 11.3 Å². The summed E-state index contributed by atoms with van der Waals surface area (Å²) in [5.41, 5.74) is 4.11. The van der Waals surface area contributed by atoms with Crippen LogP contribution in [0.3, 0.4) is 0 Å². The summed E-state index contributed by atoms with van der Waals surface area (Å²) in [7, 11) is 0. The Labute approximate surface area is 122 Å². The second-order valence-corrected chi connectivity index (χ2v) is 5.33. The van der Waals surface area contributed by atoms with Crippen molar-refractivity contribution in [1.82, 2.24) is 25.0 Å². The Hall–Kier alpha value is -2.50. The normalized spacial score (nSPS) is 17.4. The van der Waals surface area contributed by atoms with Gasteiger partial charge in [-0.15, -0.1) is 5.10 Å². The molecule has 3 aromatic rings. The maximum atomic E-state index is 4.48. The SMILES string of the molecule is CCn1nnc2c(N3c4ccccc4C[C@H]3C)ncnc21. The van der Waals surface area contributed by atoms with Crippen LogP contribution in [-0.2, 0) is 13.0 Å². The molecule has 0 unspecified atom stereocenters. The minimum atomic E-state index is 0.354. The molecule has 0 bridgehead atoms. The Kier molecular flexibility index (Phi) is 2.63. The molecule has 0 saturated heterocycles. The summed E-state index contributed by atoms with van der Waals surface area (Å²) in [5, 5.41) is 8.45. The zero-order valence-electron chi connectivity index (χ0n) is 12.1. The number of anilines is 2. The van der Waals surface area contributed by atoms with Gasteiger partial charge in [0.15, 0.2) is 17.0 Å². The van der Waals surface area contributed by atoms with E-state index in [-0.39, 0.29) is 0 Å². The number of hydrogen-bond acceptors (Lipinski definition) is 5. The molecule has 2 aromatic heterocycles. The fourth-order valence-corrected chi connectivity index (χ4v) is 3.06. The van der Waals surface area contributed by atoms with Gasteiger partial charge in [-0.25, -0.2) is 14.6 Å². The lowest BCUT2D eigenvalue weighted by Crippen LogP contribution is -2.25. The Balaban J connectivity index is 1.93. The van der Waals surface area contributed by atoms with Crippen molar-refractivity contribution in [2.75, 3.05) is 4.90 Å². The molecule has 0 spiro atoms. The molecule has 4 rings (SSSR count). The van der Waals surface area contributed by atoms with Gasteiger partial charge in [-0.1, -0.05) is 23.4 Å². The van der Waals surface area contributed by atoms with Crippen LogP contribution in [0.15, 0.2) is 30.6 Å². The number of nitrogens with zero attached hydrogens (tertiary/aromatic N) is 6. The molecule has 0 amide bonds. The number of fused-ring (bicyclic) bond motifs is 2. The van der Waals surface area contributed by atoms with Crippen molar-refractivity contribution in [3.63, 3.8) is 0 Å². The Morgan fingerprint density at radius 3 is 2.95 bits per heavy atom. The molecular formula is C15H16N6. The van der Waals surface area contributed by atoms with Crippen molar-refractivity contribution in [3.8, 4) is 0 Å². The Morgan fingerprint density at radius 1 is 1.24 bits per heavy atom. The van der Waals surface area contributed by atoms with Gasteiger partial charge in [-0.3, -0.25) is 0 Å². The van der Waals surface area contributed by atoms with Crippen molar-refractivity contribution in [3.05, 3.63) is 36.2 Å². The maximum absolute atomic E-state index is 4.48. The van der Waals surface area contributed by atoms with Crippen LogP contribution in [0.4, 0.5) is 11.5 Å². The number of aromatic nitrogens is 5. The first-order valence-corrected chi connectivity index (χ1v) is 7.21. The summed E-state index contributed by atoms with van der Waals surface area (Å²) in [6.07, 6.45) is 2.62. The first kappa shape index (κ1) is 12.3. The number of rotatable bonds is 2. The average molecular weight is 280 g/mol. The predicted octanol–water partition coefficient (Wildman–Crippen LogP) is 2.32. The van der Waals surface area contributed by atoms with E-state index in [0.29, 0.717) is 6.04 Å². The standard InChI is InChI=1S/C15H16N6/c1-3-20-14-13(18-19-20)15(17-9-16-14)21-10(2)8-11-6-4-5-7-12(11)21/h4-7,9-10H,3,8H2,1-2H3/t10-/m1/s1. The molecule has 0 radical (unpaired) electrons. The third-order valence-electron chi connectivity index (χ3n) is 4.02. The molecule has 106 valence electrons. The molecule has 0 N–H and O–H groups in total. The highest BCUT2D eigenvalue weighted by Gasteiger charge is 2.30. The molecule has 6 heteroatoms. The van der Waals surface area contributed by atoms with Crippen molar-refractivity contribution in [2.45, 2.75) is 32.9 Å². The van der Waals surface area contributed by atoms with Crippen molar-refractivity contribution in [1.29, 1.82) is 0 Å². The van der Waals surface area contributed by atoms with Gasteiger partial charge >= 0.3 is 0 Å². The van der Waals surface area contributed by atoms with Gasteiger partial charge in [0.05, 0.1) is 0 Å². The van der Waals surface area contributed by atoms with E-state index in [9.17, 15) is 0 Å². The van der Waals surface area contributed by atoms with E-state index in [1.54, 1.807) is 11.0 Å². The van der Waals surface area contributed by atoms with Crippen LogP contribution in [0.1, 0.15) is 19.4 Å². The van der Waals surface area contributed by atoms with Gasteiger partial charge in [0, 0.05) is 18.3 Å². The largest absolute Gasteiger partial charge is 0.321 e. The summed E-state index contributed by atoms with van der Waals surface area (Å²) >= 11 is 0. The molecule has 0 aliphatic carbocycles. The number of aryl methyl sites for hydroxylation is 1. The number of benzene rings is 1. The molecule has 0 fully saturated rings. The van der Waals surface area contributed by atoms with Crippen LogP contribution in [-0.4, -0.2) is 31.0 Å². The fourth-order valence-electron chi connectivity index (χ4n) is 3.06. The van der Waals surface area contributed by atoms with E-state index in [2.05, 4.69) is 56.4 Å². The minimum Gasteiger partial charge on any atom is -0.321 e. The van der Waals surface area contributed by atoms with Gasteiger partial charge in [0.1, 0.15) is 6.33 Å². The predicted molar refractivity (Wildman–Crippen MR) is 80.5 cm³/mol. The van der Waals surface area contributed by atoms with Crippen molar-refractivity contribution < 1.29 is 0 Å². The third-order valence-corrected chi connectivity index (χ3v) is 4.02. The van der Waals surface area contributed by atoms with Gasteiger partial charge < -0.3 is 4.90 Å². The molecule has 1 atom stereocenters. The second kappa shape index (κ2) is 4.51. The van der Waals surface area contributed by atoms with Crippen molar-refractivity contribution >= 4 is 22.7 Å². The van der Waals surface area contributed by atoms with Crippen LogP contribution >= 0.6 is 0 Å². The van der Waals surface area contributed by atoms with E-state index in [1.807, 2.05) is 6.92 Å². The lowest BCUT2D eigenvalue weighted by Gasteiger charge is -2.23. The first-order valence-electron chi connectivity index (χ1n) is 7.21. The summed E-state index contributed by atoms with van der Waals surface area (Å²) in [5.74, 6) is 0.845. The van der Waals surface area contributed by atoms with Crippen LogP contribution in [0.2, 0.25) is 0 Å². The molecule has 6 nitrogen and oxygen atoms in total. The summed E-state index contributed by atoms with van der Waals surface area (Å²) in [6.45, 7) is 4.99. The van der Waals surface area contributed by atoms with Crippen LogP contribution in [0, 0.1) is 0 Å². The first-order chi connectivity index (χ1) is 10.3.